The van der Waals surface area contributed by atoms with E-state index in [1.165, 1.54) is 23.9 Å². The van der Waals surface area contributed by atoms with E-state index in [2.05, 4.69) is 28.1 Å². The minimum absolute atomic E-state index is 0.699. The molecule has 1 fully saturated rings. The summed E-state index contributed by atoms with van der Waals surface area (Å²) in [5.41, 5.74) is 2.50. The van der Waals surface area contributed by atoms with Crippen molar-refractivity contribution in [1.29, 1.82) is 0 Å². The summed E-state index contributed by atoms with van der Waals surface area (Å²) in [6.07, 6.45) is 4.62. The molecular weight excluding hydrogens is 260 g/mol. The normalized spacial score (nSPS) is 15.3. The summed E-state index contributed by atoms with van der Waals surface area (Å²) >= 11 is 6.27. The molecule has 0 aliphatic heterocycles. The van der Waals surface area contributed by atoms with Gasteiger partial charge in [-0.2, -0.15) is 0 Å². The first-order chi connectivity index (χ1) is 9.28. The lowest BCUT2D eigenvalue weighted by Gasteiger charge is -2.07. The minimum atomic E-state index is 0.699. The number of nitrogens with one attached hydrogen (secondary N) is 1. The lowest BCUT2D eigenvalue weighted by atomic mass is 10.1. The molecule has 0 atom stereocenters. The number of hydrogen-bond acceptors (Lipinski definition) is 2. The van der Waals surface area contributed by atoms with E-state index in [1.54, 1.807) is 7.11 Å². The van der Waals surface area contributed by atoms with Gasteiger partial charge in [-0.15, -0.1) is 0 Å². The van der Waals surface area contributed by atoms with E-state index < -0.39 is 0 Å². The summed E-state index contributed by atoms with van der Waals surface area (Å²) in [4.78, 5) is 0. The predicted molar refractivity (Wildman–Crippen MR) is 78.7 cm³/mol. The van der Waals surface area contributed by atoms with E-state index in [-0.39, 0.29) is 0 Å². The van der Waals surface area contributed by atoms with Crippen molar-refractivity contribution in [3.05, 3.63) is 35.0 Å². The monoisotopic (exact) mass is 278 g/mol. The molecule has 0 radical (unpaired) electrons. The van der Waals surface area contributed by atoms with Crippen LogP contribution in [0.1, 0.15) is 18.4 Å². The Balaban J connectivity index is 1.85. The Morgan fingerprint density at radius 3 is 3.00 bits per heavy atom. The number of benzene rings is 1. The van der Waals surface area contributed by atoms with Gasteiger partial charge in [-0.3, -0.25) is 0 Å². The second kappa shape index (κ2) is 5.53. The molecule has 19 heavy (non-hydrogen) atoms. The SMILES string of the molecule is COCCn1cc(Cl)c2ccc(CNC3CC3)cc21. The molecule has 1 aliphatic rings. The summed E-state index contributed by atoms with van der Waals surface area (Å²) in [6, 6.07) is 7.24. The van der Waals surface area contributed by atoms with Gasteiger partial charge in [0.25, 0.3) is 0 Å². The van der Waals surface area contributed by atoms with Crippen LogP contribution in [0.25, 0.3) is 10.9 Å². The van der Waals surface area contributed by atoms with Gasteiger partial charge in [0.05, 0.1) is 11.6 Å². The van der Waals surface area contributed by atoms with Crippen molar-refractivity contribution < 1.29 is 4.74 Å². The quantitative estimate of drug-likeness (QED) is 0.878. The summed E-state index contributed by atoms with van der Waals surface area (Å²) in [5, 5.41) is 5.47. The average Bonchev–Trinajstić information content (AvgIpc) is 3.20. The molecule has 3 rings (SSSR count). The van der Waals surface area contributed by atoms with E-state index >= 15 is 0 Å². The first-order valence-corrected chi connectivity index (χ1v) is 7.15. The molecule has 102 valence electrons. The Morgan fingerprint density at radius 1 is 1.42 bits per heavy atom. The zero-order valence-corrected chi connectivity index (χ0v) is 11.9. The first kappa shape index (κ1) is 13.0. The van der Waals surface area contributed by atoms with Crippen LogP contribution in [0, 0.1) is 0 Å². The second-order valence-electron chi connectivity index (χ2n) is 5.17. The maximum absolute atomic E-state index is 6.27. The van der Waals surface area contributed by atoms with Crippen molar-refractivity contribution in [2.24, 2.45) is 0 Å². The molecule has 2 aromatic rings. The van der Waals surface area contributed by atoms with Gasteiger partial charge in [0.1, 0.15) is 0 Å². The summed E-state index contributed by atoms with van der Waals surface area (Å²) < 4.78 is 7.31. The van der Waals surface area contributed by atoms with Crippen LogP contribution in [0.3, 0.4) is 0 Å². The average molecular weight is 279 g/mol. The Kier molecular flexibility index (Phi) is 3.78. The van der Waals surface area contributed by atoms with Crippen LogP contribution in [-0.4, -0.2) is 24.3 Å². The van der Waals surface area contributed by atoms with Gasteiger partial charge in [-0.1, -0.05) is 23.7 Å². The summed E-state index contributed by atoms with van der Waals surface area (Å²) in [5.74, 6) is 0. The number of aromatic nitrogens is 1. The van der Waals surface area contributed by atoms with Gasteiger partial charge < -0.3 is 14.6 Å². The molecule has 4 heteroatoms. The van der Waals surface area contributed by atoms with Crippen LogP contribution in [-0.2, 0) is 17.8 Å². The first-order valence-electron chi connectivity index (χ1n) is 6.77. The molecule has 0 bridgehead atoms. The number of rotatable bonds is 6. The van der Waals surface area contributed by atoms with Crippen LogP contribution < -0.4 is 5.32 Å². The fraction of sp³-hybridized carbons (Fsp3) is 0.467. The third-order valence-electron chi connectivity index (χ3n) is 3.61. The second-order valence-corrected chi connectivity index (χ2v) is 5.58. The predicted octanol–water partition coefficient (Wildman–Crippen LogP) is 3.19. The number of fused-ring (bicyclic) bond motifs is 1. The van der Waals surface area contributed by atoms with E-state index in [9.17, 15) is 0 Å². The maximum atomic E-state index is 6.27. The zero-order chi connectivity index (χ0) is 13.2. The molecule has 0 saturated heterocycles. The molecule has 1 aliphatic carbocycles. The highest BCUT2D eigenvalue weighted by Crippen LogP contribution is 2.27. The Labute approximate surface area is 118 Å². The van der Waals surface area contributed by atoms with Crippen LogP contribution in [0.5, 0.6) is 0 Å². The summed E-state index contributed by atoms with van der Waals surface area (Å²) in [7, 11) is 1.72. The lowest BCUT2D eigenvalue weighted by Crippen LogP contribution is -2.15. The zero-order valence-electron chi connectivity index (χ0n) is 11.2. The van der Waals surface area contributed by atoms with Crippen molar-refractivity contribution >= 4 is 22.5 Å². The number of halogens is 1. The molecule has 0 unspecified atom stereocenters. The van der Waals surface area contributed by atoms with Crippen LogP contribution in [0.4, 0.5) is 0 Å². The Hall–Kier alpha value is -1.03. The molecule has 1 N–H and O–H groups in total. The van der Waals surface area contributed by atoms with Gasteiger partial charge in [-0.05, 0) is 24.5 Å². The third-order valence-corrected chi connectivity index (χ3v) is 3.91. The number of methoxy groups -OCH3 is 1. The van der Waals surface area contributed by atoms with Gasteiger partial charge in [0.2, 0.25) is 0 Å². The molecule has 3 nitrogen and oxygen atoms in total. The standard InChI is InChI=1S/C15H19ClN2O/c1-19-7-6-18-10-14(16)13-5-2-11(8-15(13)18)9-17-12-3-4-12/h2,5,8,10,12,17H,3-4,6-7,9H2,1H3. The molecule has 0 amide bonds. The van der Waals surface area contributed by atoms with Gasteiger partial charge >= 0.3 is 0 Å². The van der Waals surface area contributed by atoms with Crippen molar-refractivity contribution in [3.63, 3.8) is 0 Å². The fourth-order valence-electron chi connectivity index (χ4n) is 2.33. The van der Waals surface area contributed by atoms with Crippen molar-refractivity contribution in [2.45, 2.75) is 32.0 Å². The molecule has 0 spiro atoms. The molecular formula is C15H19ClN2O. The van der Waals surface area contributed by atoms with Gasteiger partial charge in [-0.25, -0.2) is 0 Å². The lowest BCUT2D eigenvalue weighted by molar-refractivity contribution is 0.188. The molecule has 1 aromatic heterocycles. The van der Waals surface area contributed by atoms with Gasteiger partial charge in [0, 0.05) is 43.3 Å². The highest BCUT2D eigenvalue weighted by molar-refractivity contribution is 6.35. The topological polar surface area (TPSA) is 26.2 Å². The Bertz CT molecular complexity index is 575. The van der Waals surface area contributed by atoms with E-state index in [0.717, 1.165) is 29.5 Å². The molecule has 1 aromatic carbocycles. The fourth-order valence-corrected chi connectivity index (χ4v) is 2.60. The smallest absolute Gasteiger partial charge is 0.0661 e. The Morgan fingerprint density at radius 2 is 2.26 bits per heavy atom. The maximum Gasteiger partial charge on any atom is 0.0661 e. The van der Waals surface area contributed by atoms with Crippen molar-refractivity contribution in [1.82, 2.24) is 9.88 Å². The van der Waals surface area contributed by atoms with Gasteiger partial charge in [0.15, 0.2) is 0 Å². The number of nitrogens with zero attached hydrogens (tertiary/aromatic N) is 1. The minimum Gasteiger partial charge on any atom is -0.383 e. The highest BCUT2D eigenvalue weighted by Gasteiger charge is 2.20. The molecule has 1 saturated carbocycles. The largest absolute Gasteiger partial charge is 0.383 e. The summed E-state index contributed by atoms with van der Waals surface area (Å²) in [6.45, 7) is 2.47. The number of hydrogen-bond donors (Lipinski definition) is 1. The van der Waals surface area contributed by atoms with Crippen molar-refractivity contribution in [3.8, 4) is 0 Å². The van der Waals surface area contributed by atoms with Crippen LogP contribution in [0.15, 0.2) is 24.4 Å². The van der Waals surface area contributed by atoms with Crippen molar-refractivity contribution in [2.75, 3.05) is 13.7 Å². The van der Waals surface area contributed by atoms with Crippen LogP contribution in [0.2, 0.25) is 5.02 Å². The highest BCUT2D eigenvalue weighted by atomic mass is 35.5. The van der Waals surface area contributed by atoms with E-state index in [4.69, 9.17) is 16.3 Å². The van der Waals surface area contributed by atoms with E-state index in [1.807, 2.05) is 6.20 Å². The van der Waals surface area contributed by atoms with Crippen LogP contribution >= 0.6 is 11.6 Å². The molecule has 1 heterocycles. The number of ether oxygens (including phenoxy) is 1. The third kappa shape index (κ3) is 2.94. The van der Waals surface area contributed by atoms with E-state index in [0.29, 0.717) is 6.61 Å².